The number of benzene rings is 1. The molecule has 0 aliphatic carbocycles. The fourth-order valence-corrected chi connectivity index (χ4v) is 2.56. The third kappa shape index (κ3) is 2.46. The molecule has 2 aromatic rings. The number of carbonyl (C=O) groups is 2. The minimum Gasteiger partial charge on any atom is -0.478 e. The summed E-state index contributed by atoms with van der Waals surface area (Å²) in [6.07, 6.45) is 3.95. The van der Waals surface area contributed by atoms with Gasteiger partial charge < -0.3 is 9.67 Å². The molecular formula is C16H19NO3. The fourth-order valence-electron chi connectivity index (χ4n) is 2.56. The Morgan fingerprint density at radius 1 is 1.30 bits per heavy atom. The van der Waals surface area contributed by atoms with Crippen molar-refractivity contribution in [3.63, 3.8) is 0 Å². The van der Waals surface area contributed by atoms with Crippen molar-refractivity contribution < 1.29 is 14.7 Å². The number of ketones is 1. The van der Waals surface area contributed by atoms with Gasteiger partial charge in [-0.05, 0) is 38.0 Å². The summed E-state index contributed by atoms with van der Waals surface area (Å²) < 4.78 is 2.07. The van der Waals surface area contributed by atoms with Crippen LogP contribution in [-0.4, -0.2) is 21.4 Å². The average molecular weight is 273 g/mol. The fraction of sp³-hybridized carbons (Fsp3) is 0.375. The van der Waals surface area contributed by atoms with Crippen LogP contribution in [0.5, 0.6) is 0 Å². The molecule has 0 spiro atoms. The van der Waals surface area contributed by atoms with E-state index in [1.807, 2.05) is 13.1 Å². The standard InChI is InChI=1S/C16H19NO3/c1-4-5-6-17-9-14(11(3)18)13-8-12(16(19)20)7-10(2)15(13)17/h7-9H,4-6H2,1-3H3,(H,19,20). The van der Waals surface area contributed by atoms with E-state index in [1.165, 1.54) is 6.92 Å². The van der Waals surface area contributed by atoms with Crippen molar-refractivity contribution in [3.05, 3.63) is 35.0 Å². The van der Waals surface area contributed by atoms with Gasteiger partial charge in [-0.25, -0.2) is 4.79 Å². The molecule has 0 radical (unpaired) electrons. The lowest BCUT2D eigenvalue weighted by Crippen LogP contribution is -2.00. The van der Waals surface area contributed by atoms with Gasteiger partial charge in [0, 0.05) is 23.7 Å². The molecule has 20 heavy (non-hydrogen) atoms. The summed E-state index contributed by atoms with van der Waals surface area (Å²) in [5.41, 5.74) is 2.69. The van der Waals surface area contributed by atoms with Gasteiger partial charge in [0.2, 0.25) is 0 Å². The molecule has 1 N–H and O–H groups in total. The highest BCUT2D eigenvalue weighted by molar-refractivity contribution is 6.09. The van der Waals surface area contributed by atoms with Gasteiger partial charge in [0.1, 0.15) is 0 Å². The second kappa shape index (κ2) is 5.49. The smallest absolute Gasteiger partial charge is 0.335 e. The van der Waals surface area contributed by atoms with Crippen LogP contribution >= 0.6 is 0 Å². The molecule has 0 fully saturated rings. The highest BCUT2D eigenvalue weighted by atomic mass is 16.4. The van der Waals surface area contributed by atoms with E-state index in [4.69, 9.17) is 5.11 Å². The molecule has 2 rings (SSSR count). The third-order valence-electron chi connectivity index (χ3n) is 3.54. The molecule has 1 aromatic carbocycles. The Kier molecular flexibility index (Phi) is 3.93. The number of aryl methyl sites for hydroxylation is 2. The molecule has 0 amide bonds. The van der Waals surface area contributed by atoms with Crippen molar-refractivity contribution in [2.75, 3.05) is 0 Å². The van der Waals surface area contributed by atoms with Gasteiger partial charge in [-0.3, -0.25) is 4.79 Å². The van der Waals surface area contributed by atoms with Crippen molar-refractivity contribution in [2.24, 2.45) is 0 Å². The summed E-state index contributed by atoms with van der Waals surface area (Å²) in [5.74, 6) is -1.00. The van der Waals surface area contributed by atoms with E-state index < -0.39 is 5.97 Å². The molecule has 0 bridgehead atoms. The van der Waals surface area contributed by atoms with Crippen LogP contribution in [-0.2, 0) is 6.54 Å². The zero-order chi connectivity index (χ0) is 14.9. The molecule has 0 saturated heterocycles. The number of aromatic carboxylic acids is 1. The molecule has 4 heteroatoms. The van der Waals surface area contributed by atoms with Crippen LogP contribution in [0.3, 0.4) is 0 Å². The SMILES string of the molecule is CCCCn1cc(C(C)=O)c2cc(C(=O)O)cc(C)c21. The van der Waals surface area contributed by atoms with Crippen LogP contribution in [0.15, 0.2) is 18.3 Å². The molecule has 4 nitrogen and oxygen atoms in total. The summed E-state index contributed by atoms with van der Waals surface area (Å²) in [6.45, 7) is 6.36. The van der Waals surface area contributed by atoms with E-state index in [1.54, 1.807) is 12.1 Å². The lowest BCUT2D eigenvalue weighted by Gasteiger charge is -2.07. The lowest BCUT2D eigenvalue weighted by atomic mass is 10.0. The minimum absolute atomic E-state index is 0.0350. The van der Waals surface area contributed by atoms with Crippen LogP contribution in [0.25, 0.3) is 10.9 Å². The topological polar surface area (TPSA) is 59.3 Å². The van der Waals surface area contributed by atoms with E-state index in [9.17, 15) is 9.59 Å². The number of unbranched alkanes of at least 4 members (excludes halogenated alkanes) is 1. The summed E-state index contributed by atoms with van der Waals surface area (Å²) >= 11 is 0. The predicted octanol–water partition coefficient (Wildman–Crippen LogP) is 3.65. The number of carboxylic acids is 1. The van der Waals surface area contributed by atoms with E-state index in [0.717, 1.165) is 35.9 Å². The molecule has 0 unspecified atom stereocenters. The number of hydrogen-bond acceptors (Lipinski definition) is 2. The number of hydrogen-bond donors (Lipinski definition) is 1. The number of carbonyl (C=O) groups excluding carboxylic acids is 1. The van der Waals surface area contributed by atoms with Crippen molar-refractivity contribution in [2.45, 2.75) is 40.2 Å². The molecular weight excluding hydrogens is 254 g/mol. The highest BCUT2D eigenvalue weighted by Crippen LogP contribution is 2.27. The van der Waals surface area contributed by atoms with Crippen molar-refractivity contribution in [3.8, 4) is 0 Å². The summed E-state index contributed by atoms with van der Waals surface area (Å²) in [5, 5.41) is 9.90. The molecule has 0 aliphatic rings. The first-order valence-electron chi connectivity index (χ1n) is 6.83. The molecule has 0 aliphatic heterocycles. The van der Waals surface area contributed by atoms with Crippen LogP contribution < -0.4 is 0 Å². The number of rotatable bonds is 5. The largest absolute Gasteiger partial charge is 0.478 e. The quantitative estimate of drug-likeness (QED) is 0.846. The van der Waals surface area contributed by atoms with Crippen LogP contribution in [0.1, 0.15) is 53.0 Å². The van der Waals surface area contributed by atoms with E-state index in [-0.39, 0.29) is 11.3 Å². The lowest BCUT2D eigenvalue weighted by molar-refractivity contribution is 0.0696. The van der Waals surface area contributed by atoms with Crippen molar-refractivity contribution >= 4 is 22.7 Å². The number of aromatic nitrogens is 1. The third-order valence-corrected chi connectivity index (χ3v) is 3.54. The molecule has 1 heterocycles. The van der Waals surface area contributed by atoms with Crippen molar-refractivity contribution in [1.82, 2.24) is 4.57 Å². The molecule has 0 atom stereocenters. The molecule has 106 valence electrons. The Morgan fingerprint density at radius 2 is 2.00 bits per heavy atom. The zero-order valence-corrected chi connectivity index (χ0v) is 12.1. The van der Waals surface area contributed by atoms with Crippen LogP contribution in [0, 0.1) is 6.92 Å². The normalized spacial score (nSPS) is 10.9. The molecule has 1 aromatic heterocycles. The maximum absolute atomic E-state index is 11.8. The van der Waals surface area contributed by atoms with Crippen LogP contribution in [0.4, 0.5) is 0 Å². The summed E-state index contributed by atoms with van der Waals surface area (Å²) in [4.78, 5) is 22.9. The summed E-state index contributed by atoms with van der Waals surface area (Å²) in [6, 6.07) is 3.26. The van der Waals surface area contributed by atoms with E-state index in [2.05, 4.69) is 11.5 Å². The monoisotopic (exact) mass is 273 g/mol. The molecule has 0 saturated carbocycles. The first kappa shape index (κ1) is 14.3. The number of nitrogens with zero attached hydrogens (tertiary/aromatic N) is 1. The predicted molar refractivity (Wildman–Crippen MR) is 78.5 cm³/mol. The summed E-state index contributed by atoms with van der Waals surface area (Å²) in [7, 11) is 0. The maximum Gasteiger partial charge on any atom is 0.335 e. The Hall–Kier alpha value is -2.10. The van der Waals surface area contributed by atoms with E-state index in [0.29, 0.717) is 5.56 Å². The van der Waals surface area contributed by atoms with Gasteiger partial charge in [0.05, 0.1) is 11.1 Å². The van der Waals surface area contributed by atoms with Crippen LogP contribution in [0.2, 0.25) is 0 Å². The number of carboxylic acid groups (broad SMARTS) is 1. The van der Waals surface area contributed by atoms with Gasteiger partial charge in [0.25, 0.3) is 0 Å². The second-order valence-electron chi connectivity index (χ2n) is 5.14. The van der Waals surface area contributed by atoms with E-state index >= 15 is 0 Å². The Bertz CT molecular complexity index is 683. The first-order valence-corrected chi connectivity index (χ1v) is 6.83. The van der Waals surface area contributed by atoms with Gasteiger partial charge >= 0.3 is 5.97 Å². The Balaban J connectivity index is 2.72. The van der Waals surface area contributed by atoms with Gasteiger partial charge in [-0.1, -0.05) is 13.3 Å². The zero-order valence-electron chi connectivity index (χ0n) is 12.1. The minimum atomic E-state index is -0.967. The average Bonchev–Trinajstić information content (AvgIpc) is 2.75. The first-order chi connectivity index (χ1) is 9.45. The highest BCUT2D eigenvalue weighted by Gasteiger charge is 2.16. The van der Waals surface area contributed by atoms with Crippen molar-refractivity contribution in [1.29, 1.82) is 0 Å². The maximum atomic E-state index is 11.8. The van der Waals surface area contributed by atoms with Gasteiger partial charge in [-0.2, -0.15) is 0 Å². The second-order valence-corrected chi connectivity index (χ2v) is 5.14. The Labute approximate surface area is 118 Å². The van der Waals surface area contributed by atoms with Gasteiger partial charge in [-0.15, -0.1) is 0 Å². The van der Waals surface area contributed by atoms with Gasteiger partial charge in [0.15, 0.2) is 5.78 Å². The Morgan fingerprint density at radius 3 is 2.55 bits per heavy atom. The number of Topliss-reactive ketones (excluding diaryl/α,β-unsaturated/α-hetero) is 1. The number of fused-ring (bicyclic) bond motifs is 1.